The number of rotatable bonds is 6. The summed E-state index contributed by atoms with van der Waals surface area (Å²) in [4.78, 5) is 4.42. The van der Waals surface area contributed by atoms with Gasteiger partial charge in [0.1, 0.15) is 17.0 Å². The third-order valence-electron chi connectivity index (χ3n) is 5.43. The van der Waals surface area contributed by atoms with Crippen LogP contribution in [0.15, 0.2) is 108 Å². The maximum Gasteiger partial charge on any atom is 0.254 e. The van der Waals surface area contributed by atoms with Crippen LogP contribution in [0.1, 0.15) is 5.89 Å². The molecule has 0 spiro atoms. The minimum atomic E-state index is 0.135. The van der Waals surface area contributed by atoms with Gasteiger partial charge < -0.3 is 9.15 Å². The van der Waals surface area contributed by atoms with E-state index < -0.39 is 0 Å². The number of aromatic nitrogens is 5. The number of para-hydroxylation sites is 2. The monoisotopic (exact) mass is 445 g/mol. The second-order valence-corrected chi connectivity index (χ2v) is 7.66. The van der Waals surface area contributed by atoms with Crippen molar-refractivity contribution >= 4 is 10.9 Å². The minimum Gasteiger partial charge on any atom is -0.482 e. The van der Waals surface area contributed by atoms with E-state index >= 15 is 0 Å². The largest absolute Gasteiger partial charge is 0.482 e. The number of fused-ring (bicyclic) bond motifs is 1. The molecule has 7 heteroatoms. The van der Waals surface area contributed by atoms with E-state index in [1.165, 1.54) is 0 Å². The lowest BCUT2D eigenvalue weighted by atomic mass is 10.1. The molecule has 6 aromatic rings. The van der Waals surface area contributed by atoms with Crippen LogP contribution in [0.2, 0.25) is 0 Å². The molecule has 0 atom stereocenters. The highest BCUT2D eigenvalue weighted by Crippen LogP contribution is 2.31. The van der Waals surface area contributed by atoms with Gasteiger partial charge in [0, 0.05) is 23.3 Å². The van der Waals surface area contributed by atoms with Crippen LogP contribution < -0.4 is 4.74 Å². The summed E-state index contributed by atoms with van der Waals surface area (Å²) in [5.41, 5.74) is 4.21. The van der Waals surface area contributed by atoms with E-state index in [0.29, 0.717) is 17.5 Å². The Hall–Kier alpha value is -4.78. The molecule has 0 unspecified atom stereocenters. The number of benzene rings is 3. The molecule has 0 fully saturated rings. The van der Waals surface area contributed by atoms with Crippen LogP contribution in [0.4, 0.5) is 0 Å². The third-order valence-corrected chi connectivity index (χ3v) is 5.43. The van der Waals surface area contributed by atoms with Crippen molar-refractivity contribution in [3.63, 3.8) is 0 Å². The summed E-state index contributed by atoms with van der Waals surface area (Å²) in [5.74, 6) is 1.42. The molecule has 0 radical (unpaired) electrons. The molecule has 0 bridgehead atoms. The van der Waals surface area contributed by atoms with Crippen molar-refractivity contribution in [1.29, 1.82) is 0 Å². The summed E-state index contributed by atoms with van der Waals surface area (Å²) in [6, 6.07) is 29.6. The van der Waals surface area contributed by atoms with Crippen molar-refractivity contribution in [1.82, 2.24) is 25.0 Å². The maximum absolute atomic E-state index is 5.99. The molecule has 3 aromatic heterocycles. The quantitative estimate of drug-likeness (QED) is 0.326. The van der Waals surface area contributed by atoms with Crippen LogP contribution in [0.5, 0.6) is 5.75 Å². The molecular weight excluding hydrogens is 426 g/mol. The normalized spacial score (nSPS) is 11.1. The highest BCUT2D eigenvalue weighted by atomic mass is 16.5. The van der Waals surface area contributed by atoms with Gasteiger partial charge in [-0.3, -0.25) is 4.98 Å². The van der Waals surface area contributed by atoms with Gasteiger partial charge in [-0.2, -0.15) is 5.10 Å². The van der Waals surface area contributed by atoms with Crippen LogP contribution in [-0.4, -0.2) is 25.0 Å². The molecule has 3 aromatic carbocycles. The number of ether oxygens (including phenoxy) is 1. The minimum absolute atomic E-state index is 0.135. The van der Waals surface area contributed by atoms with Gasteiger partial charge in [0.15, 0.2) is 6.61 Å². The molecule has 0 saturated heterocycles. The van der Waals surface area contributed by atoms with Crippen LogP contribution in [-0.2, 0) is 6.61 Å². The molecule has 6 rings (SSSR count). The summed E-state index contributed by atoms with van der Waals surface area (Å²) in [5, 5.41) is 14.3. The summed E-state index contributed by atoms with van der Waals surface area (Å²) in [6.45, 7) is 0.135. The first-order chi connectivity index (χ1) is 16.8. The Kier molecular flexibility index (Phi) is 5.04. The van der Waals surface area contributed by atoms with E-state index in [0.717, 1.165) is 33.4 Å². The molecule has 34 heavy (non-hydrogen) atoms. The van der Waals surface area contributed by atoms with Crippen LogP contribution >= 0.6 is 0 Å². The average molecular weight is 445 g/mol. The molecule has 7 nitrogen and oxygen atoms in total. The van der Waals surface area contributed by atoms with E-state index in [1.807, 2.05) is 102 Å². The zero-order valence-electron chi connectivity index (χ0n) is 18.1. The van der Waals surface area contributed by atoms with Gasteiger partial charge in [-0.25, -0.2) is 4.68 Å². The standard InChI is InChI=1S/C27H19N5O2/c1-3-9-19(10-4-1)25-22(17-32(31-25)21-13-5-2-6-14-21)27-30-29-24(34-27)18-33-23-15-7-11-20-12-8-16-28-26(20)23/h1-17H,18H2. The van der Waals surface area contributed by atoms with E-state index in [4.69, 9.17) is 14.3 Å². The lowest BCUT2D eigenvalue weighted by Crippen LogP contribution is -1.97. The number of hydrogen-bond acceptors (Lipinski definition) is 6. The Morgan fingerprint density at radius 2 is 1.59 bits per heavy atom. The Morgan fingerprint density at radius 3 is 2.44 bits per heavy atom. The van der Waals surface area contributed by atoms with Crippen molar-refractivity contribution < 1.29 is 9.15 Å². The summed E-state index contributed by atoms with van der Waals surface area (Å²) in [6.07, 6.45) is 3.65. The first kappa shape index (κ1) is 19.9. The summed E-state index contributed by atoms with van der Waals surface area (Å²) in [7, 11) is 0. The SMILES string of the molecule is c1ccc(-c2nn(-c3ccccc3)cc2-c2nnc(COc3cccc4cccnc34)o2)cc1. The van der Waals surface area contributed by atoms with E-state index in [2.05, 4.69) is 15.2 Å². The lowest BCUT2D eigenvalue weighted by molar-refractivity contribution is 0.267. The molecular formula is C27H19N5O2. The van der Waals surface area contributed by atoms with Crippen molar-refractivity contribution in [2.75, 3.05) is 0 Å². The first-order valence-corrected chi connectivity index (χ1v) is 10.8. The fourth-order valence-corrected chi connectivity index (χ4v) is 3.81. The Bertz CT molecular complexity index is 1550. The maximum atomic E-state index is 5.99. The predicted molar refractivity (Wildman–Crippen MR) is 128 cm³/mol. The second kappa shape index (κ2) is 8.63. The molecule has 0 aliphatic heterocycles. The number of pyridine rings is 1. The first-order valence-electron chi connectivity index (χ1n) is 10.8. The van der Waals surface area contributed by atoms with Gasteiger partial charge in [-0.1, -0.05) is 66.7 Å². The van der Waals surface area contributed by atoms with Crippen molar-refractivity contribution in [2.24, 2.45) is 0 Å². The van der Waals surface area contributed by atoms with Crippen LogP contribution in [0, 0.1) is 0 Å². The van der Waals surface area contributed by atoms with Gasteiger partial charge in [-0.05, 0) is 24.3 Å². The average Bonchev–Trinajstić information content (AvgIpc) is 3.56. The van der Waals surface area contributed by atoms with Gasteiger partial charge >= 0.3 is 0 Å². The smallest absolute Gasteiger partial charge is 0.254 e. The zero-order chi connectivity index (χ0) is 22.7. The van der Waals surface area contributed by atoms with Gasteiger partial charge in [0.2, 0.25) is 0 Å². The highest BCUT2D eigenvalue weighted by molar-refractivity contribution is 5.84. The van der Waals surface area contributed by atoms with Crippen molar-refractivity contribution in [3.05, 3.63) is 109 Å². The summed E-state index contributed by atoms with van der Waals surface area (Å²) >= 11 is 0. The molecule has 164 valence electrons. The van der Waals surface area contributed by atoms with E-state index in [9.17, 15) is 0 Å². The van der Waals surface area contributed by atoms with Crippen molar-refractivity contribution in [2.45, 2.75) is 6.61 Å². The predicted octanol–water partition coefficient (Wildman–Crippen LogP) is 5.72. The lowest BCUT2D eigenvalue weighted by Gasteiger charge is -2.06. The Balaban J connectivity index is 1.32. The molecule has 3 heterocycles. The van der Waals surface area contributed by atoms with E-state index in [1.54, 1.807) is 6.20 Å². The zero-order valence-corrected chi connectivity index (χ0v) is 18.1. The molecule has 0 aliphatic rings. The number of hydrogen-bond donors (Lipinski definition) is 0. The molecule has 0 N–H and O–H groups in total. The van der Waals surface area contributed by atoms with Gasteiger partial charge in [0.05, 0.1) is 11.3 Å². The number of nitrogens with zero attached hydrogens (tertiary/aromatic N) is 5. The summed E-state index contributed by atoms with van der Waals surface area (Å²) < 4.78 is 13.8. The fourth-order valence-electron chi connectivity index (χ4n) is 3.81. The Labute approximate surface area is 195 Å². The van der Waals surface area contributed by atoms with Crippen molar-refractivity contribution in [3.8, 4) is 34.1 Å². The molecule has 0 amide bonds. The second-order valence-electron chi connectivity index (χ2n) is 7.66. The third kappa shape index (κ3) is 3.80. The Morgan fingerprint density at radius 1 is 0.794 bits per heavy atom. The molecule has 0 saturated carbocycles. The highest BCUT2D eigenvalue weighted by Gasteiger charge is 2.19. The van der Waals surface area contributed by atoms with E-state index in [-0.39, 0.29) is 6.61 Å². The van der Waals surface area contributed by atoms with Crippen LogP contribution in [0.3, 0.4) is 0 Å². The molecule has 0 aliphatic carbocycles. The van der Waals surface area contributed by atoms with Crippen LogP contribution in [0.25, 0.3) is 39.3 Å². The van der Waals surface area contributed by atoms with Gasteiger partial charge in [-0.15, -0.1) is 10.2 Å². The van der Waals surface area contributed by atoms with Gasteiger partial charge in [0.25, 0.3) is 11.8 Å². The fraction of sp³-hybridized carbons (Fsp3) is 0.0370. The topological polar surface area (TPSA) is 78.9 Å².